The lowest BCUT2D eigenvalue weighted by Crippen LogP contribution is -2.40. The summed E-state index contributed by atoms with van der Waals surface area (Å²) in [6.45, 7) is 1.66. The van der Waals surface area contributed by atoms with Gasteiger partial charge in [-0.15, -0.1) is 0 Å². The van der Waals surface area contributed by atoms with Crippen molar-refractivity contribution in [3.63, 3.8) is 0 Å². The third-order valence-electron chi connectivity index (χ3n) is 3.21. The van der Waals surface area contributed by atoms with E-state index in [0.717, 1.165) is 5.56 Å². The molecule has 0 bridgehead atoms. The zero-order valence-corrected chi connectivity index (χ0v) is 11.9. The summed E-state index contributed by atoms with van der Waals surface area (Å²) in [4.78, 5) is 17.6. The van der Waals surface area contributed by atoms with E-state index in [-0.39, 0.29) is 5.91 Å². The maximum Gasteiger partial charge on any atom is 0.272 e. The van der Waals surface area contributed by atoms with E-state index >= 15 is 0 Å². The highest BCUT2D eigenvalue weighted by Crippen LogP contribution is 2.30. The van der Waals surface area contributed by atoms with Crippen molar-refractivity contribution in [2.45, 2.75) is 18.9 Å². The Morgan fingerprint density at radius 1 is 1.38 bits per heavy atom. The van der Waals surface area contributed by atoms with Crippen LogP contribution in [0.3, 0.4) is 0 Å². The predicted molar refractivity (Wildman–Crippen MR) is 77.2 cm³/mol. The summed E-state index contributed by atoms with van der Waals surface area (Å²) in [5.41, 5.74) is 0.295. The Hall–Kier alpha value is -2.34. The van der Waals surface area contributed by atoms with Gasteiger partial charge in [-0.25, -0.2) is 0 Å². The SMILES string of the molecule is C[C@@]1(C(=O)Nc2ccon2)CC(c2ccccc2Cl)=NO1. The van der Waals surface area contributed by atoms with Crippen LogP contribution in [-0.2, 0) is 9.63 Å². The van der Waals surface area contributed by atoms with E-state index < -0.39 is 5.60 Å². The van der Waals surface area contributed by atoms with Gasteiger partial charge in [0.25, 0.3) is 5.91 Å². The smallest absolute Gasteiger partial charge is 0.272 e. The summed E-state index contributed by atoms with van der Waals surface area (Å²) in [5, 5.41) is 10.8. The minimum atomic E-state index is -1.10. The molecule has 2 aromatic rings. The fourth-order valence-electron chi connectivity index (χ4n) is 2.03. The van der Waals surface area contributed by atoms with Crippen LogP contribution < -0.4 is 5.32 Å². The van der Waals surface area contributed by atoms with Gasteiger partial charge in [0.1, 0.15) is 6.26 Å². The van der Waals surface area contributed by atoms with Crippen molar-refractivity contribution in [1.82, 2.24) is 5.16 Å². The predicted octanol–water partition coefficient (Wildman–Crippen LogP) is 2.85. The lowest BCUT2D eigenvalue weighted by atomic mass is 9.95. The van der Waals surface area contributed by atoms with Crippen LogP contribution in [-0.4, -0.2) is 22.4 Å². The minimum absolute atomic E-state index is 0.320. The number of aromatic nitrogens is 1. The molecule has 108 valence electrons. The lowest BCUT2D eigenvalue weighted by Gasteiger charge is -2.19. The summed E-state index contributed by atoms with van der Waals surface area (Å²) in [7, 11) is 0. The number of rotatable bonds is 3. The van der Waals surface area contributed by atoms with Gasteiger partial charge in [0, 0.05) is 23.1 Å². The van der Waals surface area contributed by atoms with Crippen molar-refractivity contribution in [2.24, 2.45) is 5.16 Å². The lowest BCUT2D eigenvalue weighted by molar-refractivity contribution is -0.136. The largest absolute Gasteiger partial charge is 0.379 e. The van der Waals surface area contributed by atoms with E-state index in [1.165, 1.54) is 6.26 Å². The van der Waals surface area contributed by atoms with Crippen LogP contribution in [0.5, 0.6) is 0 Å². The molecule has 7 heteroatoms. The molecule has 0 spiro atoms. The second-order valence-electron chi connectivity index (χ2n) is 4.86. The van der Waals surface area contributed by atoms with Crippen molar-refractivity contribution in [1.29, 1.82) is 0 Å². The van der Waals surface area contributed by atoms with Gasteiger partial charge in [0.15, 0.2) is 5.82 Å². The normalized spacial score (nSPS) is 20.8. The third kappa shape index (κ3) is 2.62. The zero-order valence-electron chi connectivity index (χ0n) is 11.2. The van der Waals surface area contributed by atoms with E-state index in [0.29, 0.717) is 23.0 Å². The molecule has 1 atom stereocenters. The Balaban J connectivity index is 1.75. The maximum atomic E-state index is 12.3. The maximum absolute atomic E-state index is 12.3. The van der Waals surface area contributed by atoms with E-state index in [4.69, 9.17) is 16.4 Å². The quantitative estimate of drug-likeness (QED) is 0.946. The van der Waals surface area contributed by atoms with Crippen molar-refractivity contribution in [3.8, 4) is 0 Å². The summed E-state index contributed by atoms with van der Waals surface area (Å²) >= 11 is 6.13. The average molecular weight is 306 g/mol. The molecule has 0 radical (unpaired) electrons. The fraction of sp³-hybridized carbons (Fsp3) is 0.214. The second-order valence-corrected chi connectivity index (χ2v) is 5.26. The van der Waals surface area contributed by atoms with Gasteiger partial charge >= 0.3 is 0 Å². The van der Waals surface area contributed by atoms with Gasteiger partial charge in [-0.1, -0.05) is 40.1 Å². The summed E-state index contributed by atoms with van der Waals surface area (Å²) in [6, 6.07) is 8.84. The molecule has 1 N–H and O–H groups in total. The first kappa shape index (κ1) is 13.6. The van der Waals surface area contributed by atoms with Crippen LogP contribution in [0.1, 0.15) is 18.9 Å². The highest BCUT2D eigenvalue weighted by molar-refractivity contribution is 6.34. The number of amides is 1. The Bertz CT molecular complexity index is 699. The molecule has 21 heavy (non-hydrogen) atoms. The molecule has 1 aliphatic heterocycles. The Morgan fingerprint density at radius 2 is 2.19 bits per heavy atom. The minimum Gasteiger partial charge on any atom is -0.379 e. The van der Waals surface area contributed by atoms with E-state index in [1.807, 2.05) is 18.2 Å². The number of oxime groups is 1. The van der Waals surface area contributed by atoms with Crippen molar-refractivity contribution in [3.05, 3.63) is 47.2 Å². The number of halogens is 1. The number of hydrogen-bond acceptors (Lipinski definition) is 5. The molecule has 1 aromatic heterocycles. The number of anilines is 1. The van der Waals surface area contributed by atoms with Crippen LogP contribution in [0.25, 0.3) is 0 Å². The molecular weight excluding hydrogens is 294 g/mol. The van der Waals surface area contributed by atoms with E-state index in [2.05, 4.69) is 20.2 Å². The van der Waals surface area contributed by atoms with Crippen LogP contribution in [0, 0.1) is 0 Å². The fourth-order valence-corrected chi connectivity index (χ4v) is 2.27. The standard InChI is InChI=1S/C14H12ClN3O3/c1-14(13(19)16-12-6-7-20-18-12)8-11(17-21-14)9-4-2-3-5-10(9)15/h2-7H,8H2,1H3,(H,16,18,19)/t14-/m0/s1. The highest BCUT2D eigenvalue weighted by atomic mass is 35.5. The molecule has 0 unspecified atom stereocenters. The number of carbonyl (C=O) groups is 1. The van der Waals surface area contributed by atoms with Crippen LogP contribution in [0.2, 0.25) is 5.02 Å². The first-order valence-electron chi connectivity index (χ1n) is 6.30. The van der Waals surface area contributed by atoms with Gasteiger partial charge < -0.3 is 14.7 Å². The van der Waals surface area contributed by atoms with E-state index in [1.54, 1.807) is 19.1 Å². The molecule has 2 heterocycles. The molecule has 0 fully saturated rings. The molecule has 1 aliphatic rings. The number of hydrogen-bond donors (Lipinski definition) is 1. The molecule has 0 saturated carbocycles. The number of benzene rings is 1. The molecule has 1 aromatic carbocycles. The second kappa shape index (κ2) is 5.21. The van der Waals surface area contributed by atoms with Gasteiger partial charge in [-0.2, -0.15) is 0 Å². The average Bonchev–Trinajstić information content (AvgIpc) is 3.10. The van der Waals surface area contributed by atoms with Gasteiger partial charge in [0.2, 0.25) is 5.60 Å². The van der Waals surface area contributed by atoms with Crippen molar-refractivity contribution >= 4 is 29.0 Å². The Morgan fingerprint density at radius 3 is 2.90 bits per heavy atom. The molecule has 3 rings (SSSR count). The molecular formula is C14H12ClN3O3. The Labute approximate surface area is 125 Å². The first-order chi connectivity index (χ1) is 10.1. The monoisotopic (exact) mass is 305 g/mol. The number of nitrogens with one attached hydrogen (secondary N) is 1. The molecule has 0 aliphatic carbocycles. The first-order valence-corrected chi connectivity index (χ1v) is 6.68. The van der Waals surface area contributed by atoms with E-state index in [9.17, 15) is 4.79 Å². The summed E-state index contributed by atoms with van der Waals surface area (Å²) in [5.74, 6) is -0.0155. The van der Waals surface area contributed by atoms with Crippen LogP contribution in [0.4, 0.5) is 5.82 Å². The summed E-state index contributed by atoms with van der Waals surface area (Å²) < 4.78 is 4.67. The molecule has 1 amide bonds. The van der Waals surface area contributed by atoms with Gasteiger partial charge in [-0.3, -0.25) is 4.79 Å². The Kier molecular flexibility index (Phi) is 3.39. The number of nitrogens with zero attached hydrogens (tertiary/aromatic N) is 2. The highest BCUT2D eigenvalue weighted by Gasteiger charge is 2.42. The number of carbonyl (C=O) groups excluding carboxylic acids is 1. The topological polar surface area (TPSA) is 76.7 Å². The van der Waals surface area contributed by atoms with Crippen molar-refractivity contribution < 1.29 is 14.2 Å². The van der Waals surface area contributed by atoms with Crippen LogP contribution in [0.15, 0.2) is 46.3 Å². The molecule has 0 saturated heterocycles. The molecule has 6 nitrogen and oxygen atoms in total. The van der Waals surface area contributed by atoms with Gasteiger partial charge in [-0.05, 0) is 13.0 Å². The summed E-state index contributed by atoms with van der Waals surface area (Å²) in [6.07, 6.45) is 1.69. The third-order valence-corrected chi connectivity index (χ3v) is 3.54. The zero-order chi connectivity index (χ0) is 14.9. The van der Waals surface area contributed by atoms with Gasteiger partial charge in [0.05, 0.1) is 5.71 Å². The van der Waals surface area contributed by atoms with Crippen LogP contribution >= 0.6 is 11.6 Å². The van der Waals surface area contributed by atoms with Crippen molar-refractivity contribution in [2.75, 3.05) is 5.32 Å².